The molecule has 0 spiro atoms. The normalized spacial score (nSPS) is 12.7. The lowest BCUT2D eigenvalue weighted by Crippen LogP contribution is -2.01. The maximum absolute atomic E-state index is 10.8. The Bertz CT molecular complexity index is 976. The van der Waals surface area contributed by atoms with Crippen LogP contribution in [0.25, 0.3) is 16.0 Å². The standard InChI is InChI=1S/C20H20N2O5S.C2H6/c1-25-15-9-16(19(27-3)18(10-15)26-2)20-17(11-21-28-20)14-6-4-5-13(7-8-14)12-22(23)24;1-2/h5-11H,4,12H2,1-3H3;1-2H3. The monoisotopic (exact) mass is 430 g/mol. The number of allylic oxidation sites excluding steroid dienone is 4. The van der Waals surface area contributed by atoms with E-state index in [1.165, 1.54) is 11.5 Å². The molecule has 0 aliphatic heterocycles. The summed E-state index contributed by atoms with van der Waals surface area (Å²) in [6.07, 6.45) is 9.97. The van der Waals surface area contributed by atoms with Gasteiger partial charge in [-0.2, -0.15) is 4.37 Å². The topological polar surface area (TPSA) is 83.7 Å². The number of nitrogens with zero attached hydrogens (tertiary/aromatic N) is 2. The molecule has 0 unspecified atom stereocenters. The van der Waals surface area contributed by atoms with Gasteiger partial charge in [0.2, 0.25) is 6.54 Å². The molecule has 160 valence electrons. The first kappa shape index (κ1) is 23.2. The van der Waals surface area contributed by atoms with Crippen LogP contribution in [0.15, 0.2) is 48.2 Å². The summed E-state index contributed by atoms with van der Waals surface area (Å²) in [6, 6.07) is 3.65. The summed E-state index contributed by atoms with van der Waals surface area (Å²) in [4.78, 5) is 11.4. The Balaban J connectivity index is 0.00000155. The quantitative estimate of drug-likeness (QED) is 0.431. The van der Waals surface area contributed by atoms with E-state index in [-0.39, 0.29) is 11.5 Å². The highest BCUT2D eigenvalue weighted by atomic mass is 32.1. The molecule has 1 aromatic heterocycles. The third kappa shape index (κ3) is 5.27. The maximum atomic E-state index is 10.8. The van der Waals surface area contributed by atoms with Gasteiger partial charge >= 0.3 is 0 Å². The molecule has 7 nitrogen and oxygen atoms in total. The molecule has 1 heterocycles. The van der Waals surface area contributed by atoms with Gasteiger partial charge in [-0.3, -0.25) is 10.1 Å². The van der Waals surface area contributed by atoms with Crippen molar-refractivity contribution in [2.24, 2.45) is 0 Å². The molecule has 0 saturated carbocycles. The van der Waals surface area contributed by atoms with Crippen molar-refractivity contribution in [2.75, 3.05) is 27.9 Å². The van der Waals surface area contributed by atoms with E-state index in [0.717, 1.165) is 21.6 Å². The molecule has 3 rings (SSSR count). The number of ether oxygens (including phenoxy) is 3. The first-order chi connectivity index (χ1) is 14.6. The predicted molar refractivity (Wildman–Crippen MR) is 120 cm³/mol. The molecule has 0 bridgehead atoms. The minimum Gasteiger partial charge on any atom is -0.497 e. The molecule has 1 aliphatic rings. The Labute approximate surface area is 180 Å². The van der Waals surface area contributed by atoms with Crippen molar-refractivity contribution < 1.29 is 19.1 Å². The van der Waals surface area contributed by atoms with Crippen LogP contribution in [0, 0.1) is 10.1 Å². The van der Waals surface area contributed by atoms with Crippen molar-refractivity contribution in [3.63, 3.8) is 0 Å². The summed E-state index contributed by atoms with van der Waals surface area (Å²) >= 11 is 1.34. The summed E-state index contributed by atoms with van der Waals surface area (Å²) in [5, 5.41) is 10.8. The van der Waals surface area contributed by atoms with Gasteiger partial charge in [0.15, 0.2) is 11.5 Å². The highest BCUT2D eigenvalue weighted by Gasteiger charge is 2.20. The Hall–Kier alpha value is -3.13. The van der Waals surface area contributed by atoms with Crippen LogP contribution >= 0.6 is 11.5 Å². The van der Waals surface area contributed by atoms with E-state index >= 15 is 0 Å². The molecule has 0 N–H and O–H groups in total. The van der Waals surface area contributed by atoms with Crippen LogP contribution < -0.4 is 14.2 Å². The molecule has 8 heteroatoms. The molecule has 0 fully saturated rings. The van der Waals surface area contributed by atoms with Gasteiger partial charge in [-0.05, 0) is 29.6 Å². The zero-order valence-corrected chi connectivity index (χ0v) is 18.6. The van der Waals surface area contributed by atoms with Crippen molar-refractivity contribution in [3.8, 4) is 27.7 Å². The largest absolute Gasteiger partial charge is 0.497 e. The van der Waals surface area contributed by atoms with Crippen LogP contribution in [0.3, 0.4) is 0 Å². The van der Waals surface area contributed by atoms with E-state index in [1.807, 2.05) is 38.1 Å². The van der Waals surface area contributed by atoms with Gasteiger partial charge in [-0.15, -0.1) is 0 Å². The van der Waals surface area contributed by atoms with Crippen molar-refractivity contribution in [2.45, 2.75) is 20.3 Å². The van der Waals surface area contributed by atoms with E-state index < -0.39 is 0 Å². The van der Waals surface area contributed by atoms with Crippen LogP contribution in [0.4, 0.5) is 0 Å². The van der Waals surface area contributed by atoms with E-state index in [0.29, 0.717) is 29.2 Å². The second-order valence-electron chi connectivity index (χ2n) is 5.98. The second-order valence-corrected chi connectivity index (χ2v) is 6.78. The number of rotatable bonds is 7. The zero-order valence-electron chi connectivity index (χ0n) is 17.8. The fraction of sp³-hybridized carbons (Fsp3) is 0.318. The minimum absolute atomic E-state index is 0.187. The molecule has 1 aliphatic carbocycles. The van der Waals surface area contributed by atoms with Crippen LogP contribution in [0.5, 0.6) is 17.2 Å². The third-order valence-electron chi connectivity index (χ3n) is 4.32. The fourth-order valence-electron chi connectivity index (χ4n) is 3.00. The Morgan fingerprint density at radius 3 is 2.47 bits per heavy atom. The predicted octanol–water partition coefficient (Wildman–Crippen LogP) is 5.41. The first-order valence-corrected chi connectivity index (χ1v) is 10.3. The number of hydrogen-bond donors (Lipinski definition) is 0. The zero-order chi connectivity index (χ0) is 22.1. The van der Waals surface area contributed by atoms with Crippen molar-refractivity contribution >= 4 is 17.1 Å². The van der Waals surface area contributed by atoms with Gasteiger partial charge in [0, 0.05) is 33.9 Å². The summed E-state index contributed by atoms with van der Waals surface area (Å²) in [5.41, 5.74) is 3.36. The summed E-state index contributed by atoms with van der Waals surface area (Å²) in [5.74, 6) is 1.81. The summed E-state index contributed by atoms with van der Waals surface area (Å²) < 4.78 is 20.8. The first-order valence-electron chi connectivity index (χ1n) is 9.51. The lowest BCUT2D eigenvalue weighted by Gasteiger charge is -2.15. The summed E-state index contributed by atoms with van der Waals surface area (Å²) in [6.45, 7) is 3.81. The Morgan fingerprint density at radius 1 is 1.07 bits per heavy atom. The van der Waals surface area contributed by atoms with Crippen LogP contribution in [-0.4, -0.2) is 37.2 Å². The van der Waals surface area contributed by atoms with Gasteiger partial charge < -0.3 is 14.2 Å². The van der Waals surface area contributed by atoms with Crippen LogP contribution in [0.2, 0.25) is 0 Å². The average Bonchev–Trinajstić information content (AvgIpc) is 3.14. The van der Waals surface area contributed by atoms with E-state index in [1.54, 1.807) is 39.7 Å². The van der Waals surface area contributed by atoms with Gasteiger partial charge in [-0.25, -0.2) is 0 Å². The lowest BCUT2D eigenvalue weighted by molar-refractivity contribution is -0.470. The number of methoxy groups -OCH3 is 3. The molecule has 2 aromatic rings. The molecule has 0 atom stereocenters. The van der Waals surface area contributed by atoms with Crippen molar-refractivity contribution in [3.05, 3.63) is 63.9 Å². The highest BCUT2D eigenvalue weighted by molar-refractivity contribution is 7.10. The van der Waals surface area contributed by atoms with Crippen LogP contribution in [-0.2, 0) is 0 Å². The molecule has 0 saturated heterocycles. The van der Waals surface area contributed by atoms with Crippen LogP contribution in [0.1, 0.15) is 25.8 Å². The summed E-state index contributed by atoms with van der Waals surface area (Å²) in [7, 11) is 4.76. The van der Waals surface area contributed by atoms with Gasteiger partial charge in [0.1, 0.15) is 5.75 Å². The lowest BCUT2D eigenvalue weighted by atomic mass is 10.0. The molecular weight excluding hydrogens is 404 g/mol. The SMILES string of the molecule is CC.COc1cc(OC)c(OC)c(-c2sncc2C2=CCC=C(C[N+](=O)[O-])C=C2)c1. The second kappa shape index (κ2) is 11.2. The maximum Gasteiger partial charge on any atom is 0.228 e. The van der Waals surface area contributed by atoms with E-state index in [2.05, 4.69) is 4.37 Å². The van der Waals surface area contributed by atoms with Gasteiger partial charge in [-0.1, -0.05) is 38.2 Å². The average molecular weight is 431 g/mol. The van der Waals surface area contributed by atoms with E-state index in [9.17, 15) is 10.1 Å². The minimum atomic E-state index is -0.327. The van der Waals surface area contributed by atoms with Gasteiger partial charge in [0.05, 0.1) is 26.2 Å². The van der Waals surface area contributed by atoms with Crippen molar-refractivity contribution in [1.82, 2.24) is 4.37 Å². The fourth-order valence-corrected chi connectivity index (χ4v) is 3.78. The van der Waals surface area contributed by atoms with Gasteiger partial charge in [0.25, 0.3) is 0 Å². The molecule has 1 aromatic carbocycles. The number of hydrogen-bond acceptors (Lipinski definition) is 7. The highest BCUT2D eigenvalue weighted by Crippen LogP contribution is 2.45. The Morgan fingerprint density at radius 2 is 1.83 bits per heavy atom. The molecule has 30 heavy (non-hydrogen) atoms. The number of nitro groups is 1. The smallest absolute Gasteiger partial charge is 0.228 e. The van der Waals surface area contributed by atoms with Crippen molar-refractivity contribution in [1.29, 1.82) is 0 Å². The molecule has 0 radical (unpaired) electrons. The number of benzene rings is 1. The Kier molecular flexibility index (Phi) is 8.61. The van der Waals surface area contributed by atoms with E-state index in [4.69, 9.17) is 14.2 Å². The number of aromatic nitrogens is 1. The third-order valence-corrected chi connectivity index (χ3v) is 5.15. The molecular formula is C22H26N2O5S. The molecule has 0 amide bonds.